The number of halogens is 2. The van der Waals surface area contributed by atoms with Crippen molar-refractivity contribution < 1.29 is 14.3 Å². The predicted molar refractivity (Wildman–Crippen MR) is 83.8 cm³/mol. The molecule has 0 aliphatic rings. The molecule has 0 fully saturated rings. The zero-order valence-electron chi connectivity index (χ0n) is 11.6. The Morgan fingerprint density at radius 2 is 2.05 bits per heavy atom. The third-order valence-corrected chi connectivity index (χ3v) is 3.91. The number of nitrogens with zero attached hydrogens (tertiary/aromatic N) is 1. The number of aromatic nitrogens is 1. The third-order valence-electron chi connectivity index (χ3n) is 3.53. The number of aromatic carboxylic acids is 1. The zero-order chi connectivity index (χ0) is 15.9. The average molecular weight is 316 g/mol. The summed E-state index contributed by atoms with van der Waals surface area (Å²) in [6, 6.07) is 9.23. The van der Waals surface area contributed by atoms with Crippen LogP contribution >= 0.6 is 11.6 Å². The number of hydrogen-bond acceptors (Lipinski definition) is 2. The van der Waals surface area contributed by atoms with Crippen LogP contribution in [-0.2, 0) is 0 Å². The molecule has 0 spiro atoms. The fourth-order valence-electron chi connectivity index (χ4n) is 2.48. The van der Waals surface area contributed by atoms with Crippen LogP contribution in [0.1, 0.15) is 15.9 Å². The summed E-state index contributed by atoms with van der Waals surface area (Å²) in [5.74, 6) is -1.54. The largest absolute Gasteiger partial charge is 0.478 e. The molecule has 5 heteroatoms. The van der Waals surface area contributed by atoms with Crippen molar-refractivity contribution in [3.8, 4) is 11.1 Å². The number of fused-ring (bicyclic) bond motifs is 1. The van der Waals surface area contributed by atoms with Crippen molar-refractivity contribution in [1.82, 2.24) is 4.98 Å². The number of aryl methyl sites for hydroxylation is 1. The Kier molecular flexibility index (Phi) is 3.54. The summed E-state index contributed by atoms with van der Waals surface area (Å²) in [6.07, 6.45) is 1.67. The Bertz CT molecular complexity index is 909. The number of carbonyl (C=O) groups is 1. The minimum atomic E-state index is -1.03. The topological polar surface area (TPSA) is 50.2 Å². The molecule has 3 rings (SSSR count). The lowest BCUT2D eigenvalue weighted by molar-refractivity contribution is 0.0697. The summed E-state index contributed by atoms with van der Waals surface area (Å²) < 4.78 is 13.8. The Hall–Kier alpha value is -2.46. The van der Waals surface area contributed by atoms with Crippen LogP contribution in [0.15, 0.2) is 42.6 Å². The predicted octanol–water partition coefficient (Wildman–Crippen LogP) is 4.70. The number of rotatable bonds is 2. The highest BCUT2D eigenvalue weighted by molar-refractivity contribution is 6.34. The molecule has 3 aromatic rings. The van der Waals surface area contributed by atoms with E-state index in [1.165, 1.54) is 18.2 Å². The van der Waals surface area contributed by atoms with Crippen molar-refractivity contribution in [1.29, 1.82) is 0 Å². The molecule has 22 heavy (non-hydrogen) atoms. The molecule has 0 amide bonds. The SMILES string of the molecule is Cc1cnc2ccc(C(=O)O)cc2c1-c1cccc(F)c1Cl. The molecule has 1 aromatic heterocycles. The number of hydrogen-bond donors (Lipinski definition) is 1. The molecule has 0 radical (unpaired) electrons. The van der Waals surface area contributed by atoms with E-state index in [9.17, 15) is 9.18 Å². The summed E-state index contributed by atoms with van der Waals surface area (Å²) in [5.41, 5.74) is 2.79. The number of pyridine rings is 1. The summed E-state index contributed by atoms with van der Waals surface area (Å²) in [7, 11) is 0. The van der Waals surface area contributed by atoms with Crippen LogP contribution in [0.3, 0.4) is 0 Å². The molecule has 0 unspecified atom stereocenters. The van der Waals surface area contributed by atoms with E-state index in [-0.39, 0.29) is 10.6 Å². The van der Waals surface area contributed by atoms with Crippen LogP contribution in [0.2, 0.25) is 5.02 Å². The second-order valence-corrected chi connectivity index (χ2v) is 5.33. The van der Waals surface area contributed by atoms with Crippen LogP contribution in [0.25, 0.3) is 22.0 Å². The summed E-state index contributed by atoms with van der Waals surface area (Å²) in [6.45, 7) is 1.83. The van der Waals surface area contributed by atoms with Gasteiger partial charge in [0, 0.05) is 17.1 Å². The van der Waals surface area contributed by atoms with Gasteiger partial charge in [0.25, 0.3) is 0 Å². The second kappa shape index (κ2) is 5.39. The Morgan fingerprint density at radius 1 is 1.27 bits per heavy atom. The van der Waals surface area contributed by atoms with Gasteiger partial charge in [-0.3, -0.25) is 4.98 Å². The van der Waals surface area contributed by atoms with Crippen molar-refractivity contribution in [3.63, 3.8) is 0 Å². The van der Waals surface area contributed by atoms with Gasteiger partial charge in [-0.15, -0.1) is 0 Å². The highest BCUT2D eigenvalue weighted by Gasteiger charge is 2.15. The third kappa shape index (κ3) is 2.31. The highest BCUT2D eigenvalue weighted by atomic mass is 35.5. The monoisotopic (exact) mass is 315 g/mol. The van der Waals surface area contributed by atoms with Gasteiger partial charge in [0.15, 0.2) is 0 Å². The van der Waals surface area contributed by atoms with Gasteiger partial charge in [-0.25, -0.2) is 9.18 Å². The zero-order valence-corrected chi connectivity index (χ0v) is 12.4. The highest BCUT2D eigenvalue weighted by Crippen LogP contribution is 2.36. The number of carboxylic acid groups (broad SMARTS) is 1. The number of benzene rings is 2. The van der Waals surface area contributed by atoms with Gasteiger partial charge in [0.2, 0.25) is 0 Å². The van der Waals surface area contributed by atoms with E-state index in [1.54, 1.807) is 24.4 Å². The molecule has 0 atom stereocenters. The molecule has 0 aliphatic carbocycles. The van der Waals surface area contributed by atoms with E-state index in [1.807, 2.05) is 6.92 Å². The Labute approximate surface area is 131 Å². The molecule has 3 nitrogen and oxygen atoms in total. The standard InChI is InChI=1S/C17H11ClFNO2/c1-9-8-20-14-6-5-10(17(21)22)7-12(14)15(9)11-3-2-4-13(19)16(11)18/h2-8H,1H3,(H,21,22). The van der Waals surface area contributed by atoms with Crippen LogP contribution in [0.5, 0.6) is 0 Å². The molecule has 2 aromatic carbocycles. The molecule has 0 saturated heterocycles. The summed E-state index contributed by atoms with van der Waals surface area (Å²) >= 11 is 6.09. The summed E-state index contributed by atoms with van der Waals surface area (Å²) in [4.78, 5) is 15.5. The van der Waals surface area contributed by atoms with Gasteiger partial charge in [0.05, 0.1) is 16.1 Å². The minimum Gasteiger partial charge on any atom is -0.478 e. The molecule has 0 bridgehead atoms. The first-order valence-corrected chi connectivity index (χ1v) is 6.94. The normalized spacial score (nSPS) is 10.9. The first kappa shape index (κ1) is 14.5. The first-order chi connectivity index (χ1) is 10.5. The second-order valence-electron chi connectivity index (χ2n) is 4.95. The van der Waals surface area contributed by atoms with Crippen LogP contribution in [0.4, 0.5) is 4.39 Å². The molecular weight excluding hydrogens is 305 g/mol. The maximum Gasteiger partial charge on any atom is 0.335 e. The summed E-state index contributed by atoms with van der Waals surface area (Å²) in [5, 5.41) is 9.81. The van der Waals surface area contributed by atoms with Gasteiger partial charge in [-0.05, 0) is 42.3 Å². The van der Waals surface area contributed by atoms with Crippen molar-refractivity contribution >= 4 is 28.5 Å². The van der Waals surface area contributed by atoms with Crippen LogP contribution in [-0.4, -0.2) is 16.1 Å². The van der Waals surface area contributed by atoms with Crippen molar-refractivity contribution in [3.05, 3.63) is 64.6 Å². The van der Waals surface area contributed by atoms with Gasteiger partial charge in [-0.2, -0.15) is 0 Å². The Balaban J connectivity index is 2.41. The molecule has 0 aliphatic heterocycles. The van der Waals surface area contributed by atoms with E-state index in [2.05, 4.69) is 4.98 Å². The Morgan fingerprint density at radius 3 is 2.77 bits per heavy atom. The van der Waals surface area contributed by atoms with E-state index in [4.69, 9.17) is 16.7 Å². The maximum absolute atomic E-state index is 13.8. The molecule has 1 heterocycles. The van der Waals surface area contributed by atoms with E-state index in [0.29, 0.717) is 22.0 Å². The fraction of sp³-hybridized carbons (Fsp3) is 0.0588. The quantitative estimate of drug-likeness (QED) is 0.745. The maximum atomic E-state index is 13.8. The minimum absolute atomic E-state index is 0.0128. The molecule has 110 valence electrons. The van der Waals surface area contributed by atoms with Gasteiger partial charge >= 0.3 is 5.97 Å². The lowest BCUT2D eigenvalue weighted by Gasteiger charge is -2.12. The lowest BCUT2D eigenvalue weighted by atomic mass is 9.96. The van der Waals surface area contributed by atoms with Crippen LogP contribution < -0.4 is 0 Å². The van der Waals surface area contributed by atoms with E-state index < -0.39 is 11.8 Å². The molecule has 1 N–H and O–H groups in total. The molecular formula is C17H11ClFNO2. The lowest BCUT2D eigenvalue weighted by Crippen LogP contribution is -1.98. The van der Waals surface area contributed by atoms with Crippen LogP contribution in [0, 0.1) is 12.7 Å². The average Bonchev–Trinajstić information content (AvgIpc) is 2.50. The first-order valence-electron chi connectivity index (χ1n) is 6.56. The van der Waals surface area contributed by atoms with Gasteiger partial charge < -0.3 is 5.11 Å². The van der Waals surface area contributed by atoms with Gasteiger partial charge in [0.1, 0.15) is 5.82 Å². The van der Waals surface area contributed by atoms with Crippen molar-refractivity contribution in [2.24, 2.45) is 0 Å². The fourth-order valence-corrected chi connectivity index (χ4v) is 2.70. The van der Waals surface area contributed by atoms with E-state index >= 15 is 0 Å². The number of carboxylic acids is 1. The van der Waals surface area contributed by atoms with Crippen molar-refractivity contribution in [2.45, 2.75) is 6.92 Å². The van der Waals surface area contributed by atoms with E-state index in [0.717, 1.165) is 5.56 Å². The van der Waals surface area contributed by atoms with Gasteiger partial charge in [-0.1, -0.05) is 23.7 Å². The van der Waals surface area contributed by atoms with Crippen molar-refractivity contribution in [2.75, 3.05) is 0 Å². The molecule has 0 saturated carbocycles. The smallest absolute Gasteiger partial charge is 0.335 e.